The molecule has 0 aromatic rings. The van der Waals surface area contributed by atoms with Crippen LogP contribution in [0.2, 0.25) is 0 Å². The highest BCUT2D eigenvalue weighted by atomic mass is 35.5. The van der Waals surface area contributed by atoms with Crippen molar-refractivity contribution in [1.29, 1.82) is 0 Å². The van der Waals surface area contributed by atoms with Gasteiger partial charge in [-0.25, -0.2) is 4.79 Å². The SMILES string of the molecule is CC(C)NC(=O)NC1CCNCC1.Cl.Cl. The summed E-state index contributed by atoms with van der Waals surface area (Å²) in [5, 5.41) is 9.04. The largest absolute Gasteiger partial charge is 0.336 e. The molecule has 4 nitrogen and oxygen atoms in total. The molecule has 0 spiro atoms. The Morgan fingerprint density at radius 3 is 2.27 bits per heavy atom. The zero-order valence-corrected chi connectivity index (χ0v) is 10.8. The highest BCUT2D eigenvalue weighted by Crippen LogP contribution is 2.01. The van der Waals surface area contributed by atoms with Gasteiger partial charge in [0.15, 0.2) is 0 Å². The van der Waals surface area contributed by atoms with E-state index >= 15 is 0 Å². The molecule has 0 radical (unpaired) electrons. The van der Waals surface area contributed by atoms with Crippen molar-refractivity contribution < 1.29 is 4.79 Å². The number of carbonyl (C=O) groups is 1. The van der Waals surface area contributed by atoms with E-state index < -0.39 is 0 Å². The number of urea groups is 1. The van der Waals surface area contributed by atoms with E-state index in [2.05, 4.69) is 16.0 Å². The number of hydrogen-bond donors (Lipinski definition) is 3. The monoisotopic (exact) mass is 257 g/mol. The van der Waals surface area contributed by atoms with Gasteiger partial charge in [-0.3, -0.25) is 0 Å². The van der Waals surface area contributed by atoms with Gasteiger partial charge >= 0.3 is 6.03 Å². The summed E-state index contributed by atoms with van der Waals surface area (Å²) >= 11 is 0. The van der Waals surface area contributed by atoms with Crippen LogP contribution in [-0.4, -0.2) is 31.2 Å². The Hall–Kier alpha value is -0.190. The smallest absolute Gasteiger partial charge is 0.315 e. The molecule has 15 heavy (non-hydrogen) atoms. The zero-order chi connectivity index (χ0) is 9.68. The molecule has 2 amide bonds. The van der Waals surface area contributed by atoms with E-state index in [0.717, 1.165) is 25.9 Å². The number of nitrogens with one attached hydrogen (secondary N) is 3. The summed E-state index contributed by atoms with van der Waals surface area (Å²) in [6.07, 6.45) is 2.07. The van der Waals surface area contributed by atoms with Crippen molar-refractivity contribution >= 4 is 30.8 Å². The highest BCUT2D eigenvalue weighted by Gasteiger charge is 2.14. The van der Waals surface area contributed by atoms with Crippen LogP contribution in [0.3, 0.4) is 0 Å². The predicted octanol–water partition coefficient (Wildman–Crippen LogP) is 1.29. The lowest BCUT2D eigenvalue weighted by Gasteiger charge is -2.24. The zero-order valence-electron chi connectivity index (χ0n) is 9.21. The van der Waals surface area contributed by atoms with Gasteiger partial charge in [0.2, 0.25) is 0 Å². The molecular weight excluding hydrogens is 237 g/mol. The molecule has 3 N–H and O–H groups in total. The van der Waals surface area contributed by atoms with Gasteiger partial charge in [0.05, 0.1) is 0 Å². The summed E-state index contributed by atoms with van der Waals surface area (Å²) in [4.78, 5) is 11.3. The number of amides is 2. The molecule has 1 saturated heterocycles. The van der Waals surface area contributed by atoms with E-state index in [4.69, 9.17) is 0 Å². The first-order valence-electron chi connectivity index (χ1n) is 4.96. The lowest BCUT2D eigenvalue weighted by atomic mass is 10.1. The van der Waals surface area contributed by atoms with Crippen molar-refractivity contribution in [3.05, 3.63) is 0 Å². The van der Waals surface area contributed by atoms with E-state index in [0.29, 0.717) is 6.04 Å². The van der Waals surface area contributed by atoms with Crippen LogP contribution < -0.4 is 16.0 Å². The van der Waals surface area contributed by atoms with Crippen LogP contribution >= 0.6 is 24.8 Å². The van der Waals surface area contributed by atoms with Crippen molar-refractivity contribution in [3.8, 4) is 0 Å². The molecule has 6 heteroatoms. The molecule has 0 unspecified atom stereocenters. The lowest BCUT2D eigenvalue weighted by molar-refractivity contribution is 0.231. The molecular formula is C9H21Cl2N3O. The average molecular weight is 258 g/mol. The summed E-state index contributed by atoms with van der Waals surface area (Å²) < 4.78 is 0. The summed E-state index contributed by atoms with van der Waals surface area (Å²) in [5.74, 6) is 0. The molecule has 1 fully saturated rings. The Labute approximate surface area is 104 Å². The molecule has 0 atom stereocenters. The minimum atomic E-state index is -0.0399. The Morgan fingerprint density at radius 2 is 1.80 bits per heavy atom. The molecule has 0 aromatic carbocycles. The molecule has 0 saturated carbocycles. The van der Waals surface area contributed by atoms with Gasteiger partial charge < -0.3 is 16.0 Å². The van der Waals surface area contributed by atoms with Crippen molar-refractivity contribution in [3.63, 3.8) is 0 Å². The van der Waals surface area contributed by atoms with E-state index in [1.807, 2.05) is 13.8 Å². The topological polar surface area (TPSA) is 53.2 Å². The van der Waals surface area contributed by atoms with E-state index in [-0.39, 0.29) is 36.9 Å². The van der Waals surface area contributed by atoms with Crippen LogP contribution in [0.5, 0.6) is 0 Å². The van der Waals surface area contributed by atoms with Crippen LogP contribution in [-0.2, 0) is 0 Å². The number of hydrogen-bond acceptors (Lipinski definition) is 2. The van der Waals surface area contributed by atoms with Gasteiger partial charge in [-0.2, -0.15) is 0 Å². The summed E-state index contributed by atoms with van der Waals surface area (Å²) in [5.41, 5.74) is 0. The first-order valence-corrected chi connectivity index (χ1v) is 4.96. The molecule has 0 bridgehead atoms. The van der Waals surface area contributed by atoms with Crippen molar-refractivity contribution in [2.24, 2.45) is 0 Å². The fourth-order valence-corrected chi connectivity index (χ4v) is 1.46. The van der Waals surface area contributed by atoms with Gasteiger partial charge in [-0.1, -0.05) is 0 Å². The summed E-state index contributed by atoms with van der Waals surface area (Å²) in [7, 11) is 0. The van der Waals surface area contributed by atoms with Crippen LogP contribution in [0.4, 0.5) is 4.79 Å². The molecule has 1 aliphatic heterocycles. The number of rotatable bonds is 2. The Balaban J connectivity index is 0. The van der Waals surface area contributed by atoms with Crippen LogP contribution in [0, 0.1) is 0 Å². The third kappa shape index (κ3) is 7.71. The van der Waals surface area contributed by atoms with E-state index in [1.54, 1.807) is 0 Å². The van der Waals surface area contributed by atoms with Gasteiger partial charge in [0, 0.05) is 12.1 Å². The third-order valence-corrected chi connectivity index (χ3v) is 2.09. The standard InChI is InChI=1S/C9H19N3O.2ClH/c1-7(2)11-9(13)12-8-3-5-10-6-4-8;;/h7-8,10H,3-6H2,1-2H3,(H2,11,12,13);2*1H. The average Bonchev–Trinajstić information content (AvgIpc) is 2.04. The minimum absolute atomic E-state index is 0. The van der Waals surface area contributed by atoms with Crippen LogP contribution in [0.15, 0.2) is 0 Å². The summed E-state index contributed by atoms with van der Waals surface area (Å²) in [6.45, 7) is 5.93. The fraction of sp³-hybridized carbons (Fsp3) is 0.889. The van der Waals surface area contributed by atoms with Crippen molar-refractivity contribution in [2.75, 3.05) is 13.1 Å². The molecule has 0 aromatic heterocycles. The van der Waals surface area contributed by atoms with E-state index in [1.165, 1.54) is 0 Å². The Morgan fingerprint density at radius 1 is 1.27 bits per heavy atom. The fourth-order valence-electron chi connectivity index (χ4n) is 1.46. The van der Waals surface area contributed by atoms with Crippen LogP contribution in [0.25, 0.3) is 0 Å². The maximum Gasteiger partial charge on any atom is 0.315 e. The molecule has 92 valence electrons. The number of halogens is 2. The van der Waals surface area contributed by atoms with Gasteiger partial charge in [0.25, 0.3) is 0 Å². The molecule has 1 rings (SSSR count). The number of carbonyl (C=O) groups excluding carboxylic acids is 1. The second-order valence-corrected chi connectivity index (χ2v) is 3.80. The minimum Gasteiger partial charge on any atom is -0.336 e. The Kier molecular flexibility index (Phi) is 10.4. The van der Waals surface area contributed by atoms with Crippen molar-refractivity contribution in [1.82, 2.24) is 16.0 Å². The quantitative estimate of drug-likeness (QED) is 0.699. The number of piperidine rings is 1. The molecule has 0 aliphatic carbocycles. The molecule has 1 heterocycles. The lowest BCUT2D eigenvalue weighted by Crippen LogP contribution is -2.48. The highest BCUT2D eigenvalue weighted by molar-refractivity contribution is 5.85. The predicted molar refractivity (Wildman–Crippen MR) is 67.2 cm³/mol. The van der Waals surface area contributed by atoms with Crippen molar-refractivity contribution in [2.45, 2.75) is 38.8 Å². The summed E-state index contributed by atoms with van der Waals surface area (Å²) in [6, 6.07) is 0.517. The first-order chi connectivity index (χ1) is 6.18. The van der Waals surface area contributed by atoms with Crippen LogP contribution in [0.1, 0.15) is 26.7 Å². The van der Waals surface area contributed by atoms with Gasteiger partial charge in [0.1, 0.15) is 0 Å². The first kappa shape index (κ1) is 17.2. The maximum absolute atomic E-state index is 11.3. The Bertz CT molecular complexity index is 173. The second-order valence-electron chi connectivity index (χ2n) is 3.80. The normalized spacial score (nSPS) is 16.2. The second kappa shape index (κ2) is 9.07. The molecule has 1 aliphatic rings. The van der Waals surface area contributed by atoms with Gasteiger partial charge in [-0.15, -0.1) is 24.8 Å². The third-order valence-electron chi connectivity index (χ3n) is 2.09. The van der Waals surface area contributed by atoms with Gasteiger partial charge in [-0.05, 0) is 39.8 Å². The van der Waals surface area contributed by atoms with E-state index in [9.17, 15) is 4.79 Å². The maximum atomic E-state index is 11.3.